The van der Waals surface area contributed by atoms with Crippen LogP contribution in [0.4, 0.5) is 5.69 Å². The van der Waals surface area contributed by atoms with Crippen LogP contribution in [0.1, 0.15) is 49.2 Å². The van der Waals surface area contributed by atoms with Gasteiger partial charge in [-0.3, -0.25) is 9.59 Å². The third-order valence-corrected chi connectivity index (χ3v) is 4.83. The minimum atomic E-state index is -0.635. The summed E-state index contributed by atoms with van der Waals surface area (Å²) < 4.78 is 5.12. The maximum absolute atomic E-state index is 13.0. The highest BCUT2D eigenvalue weighted by Gasteiger charge is 2.26. The molecule has 0 saturated carbocycles. The van der Waals surface area contributed by atoms with Crippen LogP contribution in [0, 0.1) is 5.92 Å². The van der Waals surface area contributed by atoms with Crippen molar-refractivity contribution in [1.29, 1.82) is 0 Å². The van der Waals surface area contributed by atoms with Gasteiger partial charge in [-0.1, -0.05) is 45.9 Å². The van der Waals surface area contributed by atoms with Crippen molar-refractivity contribution >= 4 is 17.5 Å². The summed E-state index contributed by atoms with van der Waals surface area (Å²) in [6.45, 7) is 7.97. The third-order valence-electron chi connectivity index (χ3n) is 4.83. The molecule has 5 heteroatoms. The number of ether oxygens (including phenoxy) is 1. The molecule has 0 fully saturated rings. The summed E-state index contributed by atoms with van der Waals surface area (Å²) in [4.78, 5) is 25.6. The molecule has 2 rings (SSSR count). The molecule has 150 valence electrons. The van der Waals surface area contributed by atoms with Crippen molar-refractivity contribution in [3.8, 4) is 5.75 Å². The van der Waals surface area contributed by atoms with Crippen LogP contribution in [0.2, 0.25) is 0 Å². The fraction of sp³-hybridized carbons (Fsp3) is 0.391. The van der Waals surface area contributed by atoms with Crippen molar-refractivity contribution < 1.29 is 14.3 Å². The second-order valence-corrected chi connectivity index (χ2v) is 7.07. The Balaban J connectivity index is 2.19. The number of para-hydroxylation sites is 1. The van der Waals surface area contributed by atoms with Crippen LogP contribution in [0.15, 0.2) is 42.5 Å². The van der Waals surface area contributed by atoms with Gasteiger partial charge in [0, 0.05) is 11.3 Å². The van der Waals surface area contributed by atoms with E-state index in [2.05, 4.69) is 24.5 Å². The van der Waals surface area contributed by atoms with Gasteiger partial charge in [-0.05, 0) is 54.2 Å². The smallest absolute Gasteiger partial charge is 0.251 e. The van der Waals surface area contributed by atoms with Crippen LogP contribution in [0.25, 0.3) is 0 Å². The molecule has 0 radical (unpaired) electrons. The predicted molar refractivity (Wildman–Crippen MR) is 113 cm³/mol. The predicted octanol–water partition coefficient (Wildman–Crippen LogP) is 4.21. The van der Waals surface area contributed by atoms with Crippen LogP contribution in [0.3, 0.4) is 0 Å². The zero-order chi connectivity index (χ0) is 20.7. The summed E-state index contributed by atoms with van der Waals surface area (Å²) in [5, 5.41) is 5.94. The summed E-state index contributed by atoms with van der Waals surface area (Å²) in [5.74, 6) is 0.141. The summed E-state index contributed by atoms with van der Waals surface area (Å²) in [7, 11) is 1.58. The fourth-order valence-electron chi connectivity index (χ4n) is 3.11. The molecular formula is C23H30N2O3. The highest BCUT2D eigenvalue weighted by Crippen LogP contribution is 2.23. The van der Waals surface area contributed by atoms with Crippen LogP contribution >= 0.6 is 0 Å². The molecule has 28 heavy (non-hydrogen) atoms. The Kier molecular flexibility index (Phi) is 7.61. The first-order valence-corrected chi connectivity index (χ1v) is 9.77. The normalized spacial score (nSPS) is 11.8. The number of carbonyl (C=O) groups is 2. The fourth-order valence-corrected chi connectivity index (χ4v) is 3.11. The number of nitrogens with one attached hydrogen (secondary N) is 2. The van der Waals surface area contributed by atoms with Gasteiger partial charge in [0.1, 0.15) is 11.8 Å². The summed E-state index contributed by atoms with van der Waals surface area (Å²) in [6, 6.07) is 12.2. The van der Waals surface area contributed by atoms with E-state index in [9.17, 15) is 9.59 Å². The largest absolute Gasteiger partial charge is 0.497 e. The monoisotopic (exact) mass is 382 g/mol. The van der Waals surface area contributed by atoms with Gasteiger partial charge >= 0.3 is 0 Å². The number of rotatable bonds is 8. The molecule has 5 nitrogen and oxygen atoms in total. The maximum Gasteiger partial charge on any atom is 0.251 e. The molecule has 0 aliphatic rings. The topological polar surface area (TPSA) is 67.4 Å². The van der Waals surface area contributed by atoms with E-state index in [4.69, 9.17) is 4.74 Å². The summed E-state index contributed by atoms with van der Waals surface area (Å²) >= 11 is 0. The van der Waals surface area contributed by atoms with Crippen molar-refractivity contribution in [2.24, 2.45) is 5.92 Å². The molecule has 0 saturated heterocycles. The molecule has 0 unspecified atom stereocenters. The van der Waals surface area contributed by atoms with Gasteiger partial charge in [-0.2, -0.15) is 0 Å². The number of anilines is 1. The molecule has 0 aliphatic heterocycles. The number of methoxy groups -OCH3 is 1. The standard InChI is InChI=1S/C23H30N2O3/c1-6-16-9-8-10-17(7-2)21(16)25-23(27)20(15(3)4)24-22(26)18-11-13-19(28-5)14-12-18/h8-15,20H,6-7H2,1-5H3,(H,24,26)(H,25,27)/t20-/m1/s1. The van der Waals surface area contributed by atoms with Gasteiger partial charge in [-0.15, -0.1) is 0 Å². The molecule has 2 aromatic carbocycles. The van der Waals surface area contributed by atoms with Gasteiger partial charge in [0.15, 0.2) is 0 Å². The van der Waals surface area contributed by atoms with E-state index in [1.807, 2.05) is 32.0 Å². The van der Waals surface area contributed by atoms with Gasteiger partial charge < -0.3 is 15.4 Å². The molecule has 0 bridgehead atoms. The van der Waals surface area contributed by atoms with Crippen molar-refractivity contribution in [2.45, 2.75) is 46.6 Å². The average molecular weight is 383 g/mol. The minimum absolute atomic E-state index is 0.0546. The third kappa shape index (κ3) is 5.12. The number of hydrogen-bond donors (Lipinski definition) is 2. The molecule has 2 amide bonds. The molecule has 1 atom stereocenters. The van der Waals surface area contributed by atoms with Gasteiger partial charge in [0.25, 0.3) is 5.91 Å². The van der Waals surface area contributed by atoms with E-state index in [0.29, 0.717) is 11.3 Å². The lowest BCUT2D eigenvalue weighted by Crippen LogP contribution is -2.47. The van der Waals surface area contributed by atoms with Gasteiger partial charge in [0.05, 0.1) is 7.11 Å². The van der Waals surface area contributed by atoms with Gasteiger partial charge in [-0.25, -0.2) is 0 Å². The van der Waals surface area contributed by atoms with Crippen molar-refractivity contribution in [3.05, 3.63) is 59.2 Å². The van der Waals surface area contributed by atoms with Crippen molar-refractivity contribution in [1.82, 2.24) is 5.32 Å². The Morgan fingerprint density at radius 1 is 0.964 bits per heavy atom. The van der Waals surface area contributed by atoms with Crippen LogP contribution in [-0.4, -0.2) is 25.0 Å². The van der Waals surface area contributed by atoms with E-state index in [1.54, 1.807) is 31.4 Å². The first kappa shape index (κ1) is 21.5. The SMILES string of the molecule is CCc1cccc(CC)c1NC(=O)[C@H](NC(=O)c1ccc(OC)cc1)C(C)C. The highest BCUT2D eigenvalue weighted by molar-refractivity contribution is 6.02. The first-order chi connectivity index (χ1) is 13.4. The quantitative estimate of drug-likeness (QED) is 0.718. The average Bonchev–Trinajstić information content (AvgIpc) is 2.71. The number of aryl methyl sites for hydroxylation is 2. The minimum Gasteiger partial charge on any atom is -0.497 e. The lowest BCUT2D eigenvalue weighted by molar-refractivity contribution is -0.118. The Labute approximate surface area is 167 Å². The van der Waals surface area contributed by atoms with Gasteiger partial charge in [0.2, 0.25) is 5.91 Å². The maximum atomic E-state index is 13.0. The zero-order valence-corrected chi connectivity index (χ0v) is 17.3. The second kappa shape index (κ2) is 9.93. The number of amides is 2. The Morgan fingerprint density at radius 3 is 2.00 bits per heavy atom. The van der Waals surface area contributed by atoms with E-state index < -0.39 is 6.04 Å². The van der Waals surface area contributed by atoms with E-state index in [1.165, 1.54) is 0 Å². The molecule has 0 aliphatic carbocycles. The lowest BCUT2D eigenvalue weighted by atomic mass is 10.00. The Morgan fingerprint density at radius 2 is 1.54 bits per heavy atom. The van der Waals surface area contributed by atoms with E-state index in [-0.39, 0.29) is 17.7 Å². The lowest BCUT2D eigenvalue weighted by Gasteiger charge is -2.23. The van der Waals surface area contributed by atoms with Crippen LogP contribution in [-0.2, 0) is 17.6 Å². The summed E-state index contributed by atoms with van der Waals surface area (Å²) in [6.07, 6.45) is 1.65. The number of hydrogen-bond acceptors (Lipinski definition) is 3. The molecule has 2 N–H and O–H groups in total. The molecular weight excluding hydrogens is 352 g/mol. The number of benzene rings is 2. The second-order valence-electron chi connectivity index (χ2n) is 7.07. The molecule has 0 heterocycles. The molecule has 0 spiro atoms. The van der Waals surface area contributed by atoms with Crippen molar-refractivity contribution in [2.75, 3.05) is 12.4 Å². The van der Waals surface area contributed by atoms with Crippen LogP contribution < -0.4 is 15.4 Å². The van der Waals surface area contributed by atoms with E-state index in [0.717, 1.165) is 29.7 Å². The number of carbonyl (C=O) groups excluding carboxylic acids is 2. The Hall–Kier alpha value is -2.82. The first-order valence-electron chi connectivity index (χ1n) is 9.77. The molecule has 2 aromatic rings. The summed E-state index contributed by atoms with van der Waals surface area (Å²) in [5.41, 5.74) is 3.54. The molecule has 0 aromatic heterocycles. The van der Waals surface area contributed by atoms with Crippen molar-refractivity contribution in [3.63, 3.8) is 0 Å². The van der Waals surface area contributed by atoms with Crippen LogP contribution in [0.5, 0.6) is 5.75 Å². The van der Waals surface area contributed by atoms with E-state index >= 15 is 0 Å². The Bertz CT molecular complexity index is 791. The zero-order valence-electron chi connectivity index (χ0n) is 17.3. The highest BCUT2D eigenvalue weighted by atomic mass is 16.5.